The molecule has 1 atom stereocenters. The van der Waals surface area contributed by atoms with Gasteiger partial charge in [-0.1, -0.05) is 18.2 Å². The van der Waals surface area contributed by atoms with Crippen molar-refractivity contribution in [2.24, 2.45) is 0 Å². The molecular formula is C16H15F2NO2. The first kappa shape index (κ1) is 15.0. The van der Waals surface area contributed by atoms with Gasteiger partial charge in [-0.3, -0.25) is 4.79 Å². The van der Waals surface area contributed by atoms with Gasteiger partial charge in [-0.25, -0.2) is 8.78 Å². The normalized spacial score (nSPS) is 12.0. The molecule has 2 rings (SSSR count). The maximum atomic E-state index is 13.3. The van der Waals surface area contributed by atoms with Crippen molar-refractivity contribution in [1.29, 1.82) is 0 Å². The number of anilines is 1. The van der Waals surface area contributed by atoms with Gasteiger partial charge in [-0.15, -0.1) is 0 Å². The Hall–Kier alpha value is -2.43. The van der Waals surface area contributed by atoms with Crippen LogP contribution in [0.1, 0.15) is 18.5 Å². The lowest BCUT2D eigenvalue weighted by Gasteiger charge is -2.30. The van der Waals surface area contributed by atoms with Crippen LogP contribution in [0.3, 0.4) is 0 Å². The molecule has 0 aliphatic rings. The number of aliphatic carboxylic acids is 1. The third kappa shape index (κ3) is 3.78. The fourth-order valence-corrected chi connectivity index (χ4v) is 2.21. The van der Waals surface area contributed by atoms with E-state index in [1.54, 1.807) is 36.1 Å². The zero-order chi connectivity index (χ0) is 15.4. The van der Waals surface area contributed by atoms with Crippen molar-refractivity contribution in [1.82, 2.24) is 0 Å². The number of hydrogen-bond donors (Lipinski definition) is 1. The number of para-hydroxylation sites is 1. The summed E-state index contributed by atoms with van der Waals surface area (Å²) in [7, 11) is 0. The topological polar surface area (TPSA) is 40.5 Å². The van der Waals surface area contributed by atoms with E-state index in [9.17, 15) is 13.6 Å². The SMILES string of the molecule is CC(c1cc(F)cc(F)c1)N(CC(=O)O)c1ccccc1. The highest BCUT2D eigenvalue weighted by Gasteiger charge is 2.20. The molecule has 0 saturated carbocycles. The van der Waals surface area contributed by atoms with Crippen molar-refractivity contribution in [3.8, 4) is 0 Å². The molecule has 2 aromatic carbocycles. The molecule has 0 amide bonds. The van der Waals surface area contributed by atoms with Crippen LogP contribution in [0.2, 0.25) is 0 Å². The van der Waals surface area contributed by atoms with Crippen LogP contribution in [-0.2, 0) is 4.79 Å². The molecular weight excluding hydrogens is 276 g/mol. The summed E-state index contributed by atoms with van der Waals surface area (Å²) in [5.41, 5.74) is 1.06. The number of nitrogens with zero attached hydrogens (tertiary/aromatic N) is 1. The van der Waals surface area contributed by atoms with Crippen LogP contribution in [0.4, 0.5) is 14.5 Å². The summed E-state index contributed by atoms with van der Waals surface area (Å²) in [6, 6.07) is 11.6. The largest absolute Gasteiger partial charge is 0.480 e. The van der Waals surface area contributed by atoms with Gasteiger partial charge in [0.1, 0.15) is 18.2 Å². The van der Waals surface area contributed by atoms with Crippen molar-refractivity contribution in [2.75, 3.05) is 11.4 Å². The minimum atomic E-state index is -1.01. The van der Waals surface area contributed by atoms with Crippen molar-refractivity contribution in [3.63, 3.8) is 0 Å². The number of benzene rings is 2. The number of halogens is 2. The van der Waals surface area contributed by atoms with E-state index in [0.29, 0.717) is 11.3 Å². The van der Waals surface area contributed by atoms with Gasteiger partial charge in [-0.05, 0) is 36.8 Å². The van der Waals surface area contributed by atoms with Crippen molar-refractivity contribution < 1.29 is 18.7 Å². The van der Waals surface area contributed by atoms with E-state index in [2.05, 4.69) is 0 Å². The summed E-state index contributed by atoms with van der Waals surface area (Å²) < 4.78 is 26.7. The quantitative estimate of drug-likeness (QED) is 0.914. The standard InChI is InChI=1S/C16H15F2NO2/c1-11(12-7-13(17)9-14(18)8-12)19(10-16(20)21)15-5-3-2-4-6-15/h2-9,11H,10H2,1H3,(H,20,21). The van der Waals surface area contributed by atoms with E-state index >= 15 is 0 Å². The van der Waals surface area contributed by atoms with Crippen molar-refractivity contribution in [2.45, 2.75) is 13.0 Å². The molecule has 0 saturated heterocycles. The summed E-state index contributed by atoms with van der Waals surface area (Å²) in [6.07, 6.45) is 0. The predicted molar refractivity (Wildman–Crippen MR) is 76.2 cm³/mol. The van der Waals surface area contributed by atoms with Gasteiger partial charge in [0.05, 0.1) is 6.04 Å². The fraction of sp³-hybridized carbons (Fsp3) is 0.188. The van der Waals surface area contributed by atoms with E-state index in [1.807, 2.05) is 6.07 Å². The van der Waals surface area contributed by atoms with E-state index in [0.717, 1.165) is 6.07 Å². The Labute approximate surface area is 121 Å². The average Bonchev–Trinajstić information content (AvgIpc) is 2.44. The molecule has 3 nitrogen and oxygen atoms in total. The summed E-state index contributed by atoms with van der Waals surface area (Å²) in [5, 5.41) is 9.06. The van der Waals surface area contributed by atoms with E-state index in [4.69, 9.17) is 5.11 Å². The second-order valence-electron chi connectivity index (χ2n) is 4.74. The smallest absolute Gasteiger partial charge is 0.323 e. The molecule has 0 radical (unpaired) electrons. The summed E-state index contributed by atoms with van der Waals surface area (Å²) >= 11 is 0. The molecule has 0 heterocycles. The third-order valence-electron chi connectivity index (χ3n) is 3.23. The van der Waals surface area contributed by atoms with E-state index in [1.165, 1.54) is 12.1 Å². The summed E-state index contributed by atoms with van der Waals surface area (Å²) in [5.74, 6) is -2.37. The fourth-order valence-electron chi connectivity index (χ4n) is 2.21. The molecule has 0 bridgehead atoms. The van der Waals surface area contributed by atoms with Crippen molar-refractivity contribution in [3.05, 3.63) is 65.7 Å². The Balaban J connectivity index is 2.38. The van der Waals surface area contributed by atoms with E-state index < -0.39 is 23.6 Å². The number of carboxylic acid groups (broad SMARTS) is 1. The highest BCUT2D eigenvalue weighted by Crippen LogP contribution is 2.27. The molecule has 110 valence electrons. The Morgan fingerprint density at radius 2 is 1.71 bits per heavy atom. The van der Waals surface area contributed by atoms with Crippen LogP contribution in [0.25, 0.3) is 0 Å². The molecule has 2 aromatic rings. The number of carboxylic acids is 1. The lowest BCUT2D eigenvalue weighted by Crippen LogP contribution is -2.32. The van der Waals surface area contributed by atoms with Gasteiger partial charge in [0.25, 0.3) is 0 Å². The van der Waals surface area contributed by atoms with Crippen LogP contribution >= 0.6 is 0 Å². The molecule has 5 heteroatoms. The first-order chi connectivity index (χ1) is 9.97. The minimum Gasteiger partial charge on any atom is -0.480 e. The molecule has 0 fully saturated rings. The molecule has 1 N–H and O–H groups in total. The number of rotatable bonds is 5. The molecule has 0 aromatic heterocycles. The molecule has 0 aliphatic heterocycles. The third-order valence-corrected chi connectivity index (χ3v) is 3.23. The van der Waals surface area contributed by atoms with Gasteiger partial charge in [0.2, 0.25) is 0 Å². The lowest BCUT2D eigenvalue weighted by molar-refractivity contribution is -0.135. The highest BCUT2D eigenvalue weighted by atomic mass is 19.1. The van der Waals surface area contributed by atoms with Gasteiger partial charge in [0, 0.05) is 11.8 Å². The summed E-state index contributed by atoms with van der Waals surface area (Å²) in [4.78, 5) is 12.6. The summed E-state index contributed by atoms with van der Waals surface area (Å²) in [6.45, 7) is 1.45. The second kappa shape index (κ2) is 6.35. The Morgan fingerprint density at radius 3 is 2.24 bits per heavy atom. The Kier molecular flexibility index (Phi) is 4.52. The first-order valence-electron chi connectivity index (χ1n) is 6.47. The second-order valence-corrected chi connectivity index (χ2v) is 4.74. The highest BCUT2D eigenvalue weighted by molar-refractivity contribution is 5.74. The van der Waals surface area contributed by atoms with Gasteiger partial charge >= 0.3 is 5.97 Å². The molecule has 0 spiro atoms. The van der Waals surface area contributed by atoms with Crippen LogP contribution in [0.15, 0.2) is 48.5 Å². The maximum Gasteiger partial charge on any atom is 0.323 e. The lowest BCUT2D eigenvalue weighted by atomic mass is 10.1. The minimum absolute atomic E-state index is 0.261. The molecule has 0 aliphatic carbocycles. The molecule has 21 heavy (non-hydrogen) atoms. The van der Waals surface area contributed by atoms with E-state index in [-0.39, 0.29) is 6.54 Å². The van der Waals surface area contributed by atoms with Gasteiger partial charge in [0.15, 0.2) is 0 Å². The van der Waals surface area contributed by atoms with Crippen LogP contribution in [0, 0.1) is 11.6 Å². The molecule has 1 unspecified atom stereocenters. The zero-order valence-corrected chi connectivity index (χ0v) is 11.5. The zero-order valence-electron chi connectivity index (χ0n) is 11.5. The first-order valence-corrected chi connectivity index (χ1v) is 6.47. The monoisotopic (exact) mass is 291 g/mol. The van der Waals surface area contributed by atoms with Crippen LogP contribution in [-0.4, -0.2) is 17.6 Å². The Morgan fingerprint density at radius 1 is 1.14 bits per heavy atom. The number of carbonyl (C=O) groups is 1. The van der Waals surface area contributed by atoms with Crippen molar-refractivity contribution >= 4 is 11.7 Å². The number of hydrogen-bond acceptors (Lipinski definition) is 2. The maximum absolute atomic E-state index is 13.3. The van der Waals surface area contributed by atoms with Gasteiger partial charge < -0.3 is 10.0 Å². The predicted octanol–water partition coefficient (Wildman–Crippen LogP) is 3.62. The van der Waals surface area contributed by atoms with Crippen LogP contribution in [0.5, 0.6) is 0 Å². The Bertz CT molecular complexity index is 611. The van der Waals surface area contributed by atoms with Gasteiger partial charge in [-0.2, -0.15) is 0 Å². The van der Waals surface area contributed by atoms with Crippen LogP contribution < -0.4 is 4.90 Å². The average molecular weight is 291 g/mol.